The van der Waals surface area contributed by atoms with Crippen LogP contribution in [0, 0.1) is 6.92 Å². The molecule has 2 heterocycles. The summed E-state index contributed by atoms with van der Waals surface area (Å²) in [7, 11) is -3.55. The van der Waals surface area contributed by atoms with Gasteiger partial charge in [-0.15, -0.1) is 11.3 Å². The minimum atomic E-state index is -3.55. The minimum Gasteiger partial charge on any atom is -0.325 e. The molecule has 0 aliphatic carbocycles. The van der Waals surface area contributed by atoms with Crippen molar-refractivity contribution in [3.8, 4) is 10.6 Å². The van der Waals surface area contributed by atoms with Gasteiger partial charge in [0.25, 0.3) is 0 Å². The lowest BCUT2D eigenvalue weighted by atomic mass is 10.2. The van der Waals surface area contributed by atoms with E-state index in [0.29, 0.717) is 24.5 Å². The van der Waals surface area contributed by atoms with Gasteiger partial charge in [-0.1, -0.05) is 42.8 Å². The van der Waals surface area contributed by atoms with E-state index in [9.17, 15) is 13.2 Å². The summed E-state index contributed by atoms with van der Waals surface area (Å²) in [5, 5.41) is 5.62. The summed E-state index contributed by atoms with van der Waals surface area (Å²) < 4.78 is 27.5. The highest BCUT2D eigenvalue weighted by Crippen LogP contribution is 2.26. The van der Waals surface area contributed by atoms with Crippen molar-refractivity contribution in [1.82, 2.24) is 9.29 Å². The number of amides is 1. The average Bonchev–Trinajstić information content (AvgIpc) is 3.24. The van der Waals surface area contributed by atoms with Crippen LogP contribution in [0.5, 0.6) is 0 Å². The molecule has 0 atom stereocenters. The van der Waals surface area contributed by atoms with E-state index < -0.39 is 10.0 Å². The summed E-state index contributed by atoms with van der Waals surface area (Å²) in [5.74, 6) is -0.222. The Bertz CT molecular complexity index is 1170. The quantitative estimate of drug-likeness (QED) is 0.595. The first-order chi connectivity index (χ1) is 14.9. The minimum absolute atomic E-state index is 0.131. The molecule has 1 aliphatic rings. The van der Waals surface area contributed by atoms with Crippen molar-refractivity contribution in [3.63, 3.8) is 0 Å². The number of rotatable bonds is 6. The molecule has 3 aromatic rings. The number of aryl methyl sites for hydroxylation is 1. The predicted octanol–water partition coefficient (Wildman–Crippen LogP) is 4.47. The van der Waals surface area contributed by atoms with Crippen LogP contribution in [0.2, 0.25) is 0 Å². The first kappa shape index (κ1) is 21.7. The number of nitrogens with zero attached hydrogens (tertiary/aromatic N) is 2. The topological polar surface area (TPSA) is 79.4 Å². The van der Waals surface area contributed by atoms with Crippen LogP contribution in [0.1, 0.15) is 30.5 Å². The molecule has 1 aliphatic heterocycles. The van der Waals surface area contributed by atoms with Gasteiger partial charge in [0.05, 0.1) is 17.0 Å². The molecule has 2 aromatic carbocycles. The number of anilines is 1. The average molecular weight is 456 g/mol. The molecule has 1 amide bonds. The predicted molar refractivity (Wildman–Crippen MR) is 124 cm³/mol. The third-order valence-electron chi connectivity index (χ3n) is 5.35. The second-order valence-corrected chi connectivity index (χ2v) is 10.5. The van der Waals surface area contributed by atoms with Crippen LogP contribution in [-0.4, -0.2) is 36.7 Å². The van der Waals surface area contributed by atoms with E-state index in [1.54, 1.807) is 18.2 Å². The number of hydrogen-bond donors (Lipinski definition) is 1. The number of sulfonamides is 1. The van der Waals surface area contributed by atoms with Crippen LogP contribution < -0.4 is 5.32 Å². The maximum absolute atomic E-state index is 13.0. The highest BCUT2D eigenvalue weighted by Gasteiger charge is 2.26. The number of nitrogens with one attached hydrogen (secondary N) is 1. The molecule has 1 saturated heterocycles. The van der Waals surface area contributed by atoms with Gasteiger partial charge in [0.15, 0.2) is 0 Å². The Morgan fingerprint density at radius 2 is 1.84 bits per heavy atom. The molecule has 1 fully saturated rings. The Labute approximate surface area is 187 Å². The molecule has 6 nitrogen and oxygen atoms in total. The highest BCUT2D eigenvalue weighted by atomic mass is 32.2. The second kappa shape index (κ2) is 9.30. The van der Waals surface area contributed by atoms with Crippen LogP contribution >= 0.6 is 11.3 Å². The number of aromatic nitrogens is 1. The van der Waals surface area contributed by atoms with Crippen LogP contribution in [0.3, 0.4) is 0 Å². The zero-order chi connectivity index (χ0) is 21.8. The standard InChI is InChI=1S/C23H25N3O3S2/c1-17-10-11-20(31(28,29)26-12-6-3-7-13-26)15-21(17)25-22(27)14-19-16-30-23(24-19)18-8-4-2-5-9-18/h2,4-5,8-11,15-16H,3,6-7,12-14H2,1H3,(H,25,27). The van der Waals surface area contributed by atoms with E-state index in [-0.39, 0.29) is 17.2 Å². The van der Waals surface area contributed by atoms with Gasteiger partial charge in [-0.3, -0.25) is 4.79 Å². The third kappa shape index (κ3) is 5.03. The Balaban J connectivity index is 1.47. The fourth-order valence-corrected chi connectivity index (χ4v) is 5.98. The maximum atomic E-state index is 13.0. The van der Waals surface area contributed by atoms with Crippen LogP contribution in [0.4, 0.5) is 5.69 Å². The smallest absolute Gasteiger partial charge is 0.243 e. The van der Waals surface area contributed by atoms with Gasteiger partial charge in [0.2, 0.25) is 15.9 Å². The van der Waals surface area contributed by atoms with Crippen molar-refractivity contribution < 1.29 is 13.2 Å². The van der Waals surface area contributed by atoms with E-state index in [2.05, 4.69) is 10.3 Å². The Kier molecular flexibility index (Phi) is 6.50. The molecule has 4 rings (SSSR count). The summed E-state index contributed by atoms with van der Waals surface area (Å²) in [6.07, 6.45) is 2.95. The van der Waals surface area contributed by atoms with Crippen LogP contribution in [-0.2, 0) is 21.2 Å². The van der Waals surface area contributed by atoms with E-state index in [4.69, 9.17) is 0 Å². The summed E-state index contributed by atoms with van der Waals surface area (Å²) in [6, 6.07) is 14.7. The molecule has 0 unspecified atom stereocenters. The first-order valence-corrected chi connectivity index (χ1v) is 12.7. The van der Waals surface area contributed by atoms with Gasteiger partial charge in [0, 0.05) is 29.7 Å². The molecule has 0 saturated carbocycles. The summed E-state index contributed by atoms with van der Waals surface area (Å²) >= 11 is 1.50. The summed E-state index contributed by atoms with van der Waals surface area (Å²) in [5.41, 5.74) is 3.04. The first-order valence-electron chi connectivity index (χ1n) is 10.3. The molecule has 0 bridgehead atoms. The van der Waals surface area contributed by atoms with E-state index >= 15 is 0 Å². The molecule has 162 valence electrons. The molecule has 1 aromatic heterocycles. The molecule has 0 spiro atoms. The normalized spacial score (nSPS) is 15.0. The summed E-state index contributed by atoms with van der Waals surface area (Å²) in [4.78, 5) is 17.4. The van der Waals surface area contributed by atoms with Gasteiger partial charge in [-0.2, -0.15) is 4.31 Å². The zero-order valence-electron chi connectivity index (χ0n) is 17.4. The number of hydrogen-bond acceptors (Lipinski definition) is 5. The third-order valence-corrected chi connectivity index (χ3v) is 8.18. The van der Waals surface area contributed by atoms with Crippen molar-refractivity contribution in [2.45, 2.75) is 37.5 Å². The Hall–Kier alpha value is -2.55. The van der Waals surface area contributed by atoms with Crippen molar-refractivity contribution in [2.75, 3.05) is 18.4 Å². The summed E-state index contributed by atoms with van der Waals surface area (Å²) in [6.45, 7) is 2.94. The van der Waals surface area contributed by atoms with Crippen molar-refractivity contribution >= 4 is 33.0 Å². The molecule has 31 heavy (non-hydrogen) atoms. The molecule has 1 N–H and O–H groups in total. The highest BCUT2D eigenvalue weighted by molar-refractivity contribution is 7.89. The fourth-order valence-electron chi connectivity index (χ4n) is 3.61. The lowest BCUT2D eigenvalue weighted by Crippen LogP contribution is -2.35. The molecule has 0 radical (unpaired) electrons. The van der Waals surface area contributed by atoms with E-state index in [1.807, 2.05) is 42.6 Å². The lowest BCUT2D eigenvalue weighted by Gasteiger charge is -2.26. The van der Waals surface area contributed by atoms with Crippen molar-refractivity contribution in [3.05, 3.63) is 65.2 Å². The molecular formula is C23H25N3O3S2. The van der Waals surface area contributed by atoms with Gasteiger partial charge in [-0.05, 0) is 37.5 Å². The number of carbonyl (C=O) groups is 1. The number of piperidine rings is 1. The molecule has 8 heteroatoms. The van der Waals surface area contributed by atoms with E-state index in [0.717, 1.165) is 35.4 Å². The monoisotopic (exact) mass is 455 g/mol. The Morgan fingerprint density at radius 3 is 2.58 bits per heavy atom. The lowest BCUT2D eigenvalue weighted by molar-refractivity contribution is -0.115. The second-order valence-electron chi connectivity index (χ2n) is 7.68. The van der Waals surface area contributed by atoms with E-state index in [1.165, 1.54) is 15.6 Å². The Morgan fingerprint density at radius 1 is 1.10 bits per heavy atom. The number of carbonyl (C=O) groups excluding carboxylic acids is 1. The number of thiazole rings is 1. The van der Waals surface area contributed by atoms with Gasteiger partial charge < -0.3 is 5.32 Å². The van der Waals surface area contributed by atoms with Crippen LogP contribution in [0.15, 0.2) is 58.8 Å². The number of benzene rings is 2. The SMILES string of the molecule is Cc1ccc(S(=O)(=O)N2CCCCC2)cc1NC(=O)Cc1csc(-c2ccccc2)n1. The van der Waals surface area contributed by atoms with Crippen molar-refractivity contribution in [1.29, 1.82) is 0 Å². The fraction of sp³-hybridized carbons (Fsp3) is 0.304. The zero-order valence-corrected chi connectivity index (χ0v) is 19.0. The van der Waals surface area contributed by atoms with Crippen molar-refractivity contribution in [2.24, 2.45) is 0 Å². The van der Waals surface area contributed by atoms with Gasteiger partial charge in [0.1, 0.15) is 5.01 Å². The van der Waals surface area contributed by atoms with Crippen LogP contribution in [0.25, 0.3) is 10.6 Å². The van der Waals surface area contributed by atoms with Gasteiger partial charge in [-0.25, -0.2) is 13.4 Å². The largest absolute Gasteiger partial charge is 0.325 e. The van der Waals surface area contributed by atoms with Gasteiger partial charge >= 0.3 is 0 Å². The maximum Gasteiger partial charge on any atom is 0.243 e. The molecular weight excluding hydrogens is 430 g/mol.